The molecule has 6 nitrogen and oxygen atoms in total. The van der Waals surface area contributed by atoms with Crippen LogP contribution in [0.2, 0.25) is 0 Å². The van der Waals surface area contributed by atoms with Gasteiger partial charge in [-0.25, -0.2) is 4.98 Å². The second kappa shape index (κ2) is 6.71. The first kappa shape index (κ1) is 14.8. The predicted molar refractivity (Wildman–Crippen MR) is 79.7 cm³/mol. The molecular formula is C15H17N3O3. The fourth-order valence-corrected chi connectivity index (χ4v) is 1.74. The maximum absolute atomic E-state index is 11.2. The number of amides is 1. The summed E-state index contributed by atoms with van der Waals surface area (Å²) in [5.41, 5.74) is 6.27. The van der Waals surface area contributed by atoms with E-state index >= 15 is 0 Å². The Morgan fingerprint density at radius 3 is 2.76 bits per heavy atom. The number of pyridine rings is 1. The van der Waals surface area contributed by atoms with E-state index in [1.807, 2.05) is 19.1 Å². The molecule has 0 aliphatic heterocycles. The minimum Gasteiger partial charge on any atom is -0.496 e. The lowest BCUT2D eigenvalue weighted by atomic mass is 10.2. The molecule has 0 spiro atoms. The zero-order valence-electron chi connectivity index (χ0n) is 11.9. The van der Waals surface area contributed by atoms with Crippen LogP contribution in [0.5, 0.6) is 17.2 Å². The van der Waals surface area contributed by atoms with E-state index in [9.17, 15) is 4.79 Å². The summed E-state index contributed by atoms with van der Waals surface area (Å²) in [6, 6.07) is 8.88. The number of carbonyl (C=O) groups is 1. The summed E-state index contributed by atoms with van der Waals surface area (Å²) in [5, 5.41) is 2.57. The van der Waals surface area contributed by atoms with Crippen molar-refractivity contribution in [3.05, 3.63) is 42.1 Å². The summed E-state index contributed by atoms with van der Waals surface area (Å²) in [6.07, 6.45) is 1.55. The Kier molecular flexibility index (Phi) is 4.73. The molecule has 0 aliphatic carbocycles. The number of anilines is 1. The van der Waals surface area contributed by atoms with Gasteiger partial charge >= 0.3 is 0 Å². The number of aryl methyl sites for hydroxylation is 1. The van der Waals surface area contributed by atoms with Crippen molar-refractivity contribution in [2.24, 2.45) is 5.73 Å². The molecular weight excluding hydrogens is 270 g/mol. The molecule has 0 radical (unpaired) electrons. The maximum Gasteiger partial charge on any atom is 0.239 e. The van der Waals surface area contributed by atoms with Crippen LogP contribution in [-0.4, -0.2) is 24.5 Å². The highest BCUT2D eigenvalue weighted by molar-refractivity contribution is 5.91. The zero-order chi connectivity index (χ0) is 15.2. The van der Waals surface area contributed by atoms with Gasteiger partial charge in [-0.05, 0) is 24.6 Å². The third-order valence-electron chi connectivity index (χ3n) is 2.80. The highest BCUT2D eigenvalue weighted by atomic mass is 16.5. The molecule has 21 heavy (non-hydrogen) atoms. The molecule has 0 unspecified atom stereocenters. The van der Waals surface area contributed by atoms with Crippen LogP contribution in [-0.2, 0) is 4.79 Å². The van der Waals surface area contributed by atoms with Crippen LogP contribution in [0.25, 0.3) is 0 Å². The van der Waals surface area contributed by atoms with Crippen molar-refractivity contribution in [2.75, 3.05) is 19.0 Å². The normalized spacial score (nSPS) is 10.0. The van der Waals surface area contributed by atoms with Crippen LogP contribution < -0.4 is 20.5 Å². The zero-order valence-corrected chi connectivity index (χ0v) is 11.9. The van der Waals surface area contributed by atoms with Crippen LogP contribution in [0.15, 0.2) is 36.5 Å². The van der Waals surface area contributed by atoms with E-state index < -0.39 is 0 Å². The molecule has 0 bridgehead atoms. The molecule has 0 saturated carbocycles. The van der Waals surface area contributed by atoms with Gasteiger partial charge in [0, 0.05) is 18.3 Å². The standard InChI is InChI=1S/C15H17N3O3/c1-10-3-4-11(7-13(10)20-2)21-12-5-6-17-14(8-12)18-15(19)9-16/h3-8H,9,16H2,1-2H3,(H,17,18,19). The first-order valence-corrected chi connectivity index (χ1v) is 6.41. The average molecular weight is 287 g/mol. The number of aromatic nitrogens is 1. The van der Waals surface area contributed by atoms with Gasteiger partial charge in [-0.2, -0.15) is 0 Å². The van der Waals surface area contributed by atoms with E-state index in [4.69, 9.17) is 15.2 Å². The van der Waals surface area contributed by atoms with E-state index in [1.54, 1.807) is 31.5 Å². The van der Waals surface area contributed by atoms with Crippen molar-refractivity contribution in [2.45, 2.75) is 6.92 Å². The van der Waals surface area contributed by atoms with Gasteiger partial charge in [0.15, 0.2) is 0 Å². The molecule has 0 saturated heterocycles. The average Bonchev–Trinajstić information content (AvgIpc) is 2.49. The second-order valence-corrected chi connectivity index (χ2v) is 4.36. The Morgan fingerprint density at radius 1 is 1.29 bits per heavy atom. The minimum absolute atomic E-state index is 0.0953. The van der Waals surface area contributed by atoms with Gasteiger partial charge < -0.3 is 20.5 Å². The highest BCUT2D eigenvalue weighted by Crippen LogP contribution is 2.28. The Morgan fingerprint density at radius 2 is 2.05 bits per heavy atom. The van der Waals surface area contributed by atoms with Crippen molar-refractivity contribution >= 4 is 11.7 Å². The summed E-state index contributed by atoms with van der Waals surface area (Å²) in [4.78, 5) is 15.3. The summed E-state index contributed by atoms with van der Waals surface area (Å²) in [5.74, 6) is 2.03. The number of rotatable bonds is 5. The smallest absolute Gasteiger partial charge is 0.239 e. The van der Waals surface area contributed by atoms with Crippen LogP contribution in [0, 0.1) is 6.92 Å². The Balaban J connectivity index is 2.16. The van der Waals surface area contributed by atoms with Crippen LogP contribution in [0.4, 0.5) is 5.82 Å². The molecule has 2 aromatic rings. The summed E-state index contributed by atoms with van der Waals surface area (Å²) < 4.78 is 11.0. The van der Waals surface area contributed by atoms with E-state index in [0.717, 1.165) is 11.3 Å². The molecule has 3 N–H and O–H groups in total. The Labute approximate surface area is 122 Å². The lowest BCUT2D eigenvalue weighted by molar-refractivity contribution is -0.114. The van der Waals surface area contributed by atoms with Crippen molar-refractivity contribution in [3.63, 3.8) is 0 Å². The third kappa shape index (κ3) is 3.93. The fourth-order valence-electron chi connectivity index (χ4n) is 1.74. The molecule has 0 atom stereocenters. The van der Waals surface area contributed by atoms with Gasteiger partial charge in [-0.3, -0.25) is 4.79 Å². The maximum atomic E-state index is 11.2. The highest BCUT2D eigenvalue weighted by Gasteiger charge is 2.05. The number of benzene rings is 1. The predicted octanol–water partition coefficient (Wildman–Crippen LogP) is 2.09. The lowest BCUT2D eigenvalue weighted by Crippen LogP contribution is -2.22. The lowest BCUT2D eigenvalue weighted by Gasteiger charge is -2.10. The van der Waals surface area contributed by atoms with E-state index in [0.29, 0.717) is 17.3 Å². The summed E-state index contributed by atoms with van der Waals surface area (Å²) >= 11 is 0. The minimum atomic E-state index is -0.309. The third-order valence-corrected chi connectivity index (χ3v) is 2.80. The largest absolute Gasteiger partial charge is 0.496 e. The summed E-state index contributed by atoms with van der Waals surface area (Å²) in [6.45, 7) is 1.86. The van der Waals surface area contributed by atoms with Gasteiger partial charge in [-0.15, -0.1) is 0 Å². The van der Waals surface area contributed by atoms with Gasteiger partial charge in [0.05, 0.1) is 13.7 Å². The molecule has 0 fully saturated rings. The van der Waals surface area contributed by atoms with Gasteiger partial charge in [0.1, 0.15) is 23.1 Å². The second-order valence-electron chi connectivity index (χ2n) is 4.36. The number of ether oxygens (including phenoxy) is 2. The van der Waals surface area contributed by atoms with Crippen molar-refractivity contribution in [3.8, 4) is 17.2 Å². The van der Waals surface area contributed by atoms with Crippen molar-refractivity contribution < 1.29 is 14.3 Å². The van der Waals surface area contributed by atoms with E-state index in [1.165, 1.54) is 0 Å². The summed E-state index contributed by atoms with van der Waals surface area (Å²) in [7, 11) is 1.61. The topological polar surface area (TPSA) is 86.5 Å². The quantitative estimate of drug-likeness (QED) is 0.879. The number of nitrogens with zero attached hydrogens (tertiary/aromatic N) is 1. The Hall–Kier alpha value is -2.60. The number of hydrogen-bond acceptors (Lipinski definition) is 5. The van der Waals surface area contributed by atoms with Crippen molar-refractivity contribution in [1.82, 2.24) is 4.98 Å². The molecule has 0 aliphatic rings. The number of hydrogen-bond donors (Lipinski definition) is 2. The SMILES string of the molecule is COc1cc(Oc2ccnc(NC(=O)CN)c2)ccc1C. The molecule has 1 heterocycles. The van der Waals surface area contributed by atoms with Gasteiger partial charge in [0.25, 0.3) is 0 Å². The first-order valence-electron chi connectivity index (χ1n) is 6.41. The van der Waals surface area contributed by atoms with Crippen LogP contribution >= 0.6 is 0 Å². The van der Waals surface area contributed by atoms with E-state index in [-0.39, 0.29) is 12.5 Å². The van der Waals surface area contributed by atoms with Gasteiger partial charge in [-0.1, -0.05) is 6.07 Å². The Bertz CT molecular complexity index is 644. The number of methoxy groups -OCH3 is 1. The van der Waals surface area contributed by atoms with Crippen molar-refractivity contribution in [1.29, 1.82) is 0 Å². The van der Waals surface area contributed by atoms with Gasteiger partial charge in [0.2, 0.25) is 5.91 Å². The monoisotopic (exact) mass is 287 g/mol. The number of nitrogens with one attached hydrogen (secondary N) is 1. The molecule has 110 valence electrons. The van der Waals surface area contributed by atoms with E-state index in [2.05, 4.69) is 10.3 Å². The number of carbonyl (C=O) groups excluding carboxylic acids is 1. The van der Waals surface area contributed by atoms with Crippen LogP contribution in [0.3, 0.4) is 0 Å². The molecule has 1 amide bonds. The molecule has 1 aromatic carbocycles. The fraction of sp³-hybridized carbons (Fsp3) is 0.200. The first-order chi connectivity index (χ1) is 10.1. The molecule has 1 aromatic heterocycles. The van der Waals surface area contributed by atoms with Crippen LogP contribution in [0.1, 0.15) is 5.56 Å². The number of nitrogens with two attached hydrogens (primary N) is 1. The molecule has 2 rings (SSSR count). The molecule has 6 heteroatoms.